The third-order valence-corrected chi connectivity index (χ3v) is 3.42. The first-order valence-electron chi connectivity index (χ1n) is 3.54. The summed E-state index contributed by atoms with van der Waals surface area (Å²) in [4.78, 5) is 0. The van der Waals surface area contributed by atoms with Crippen molar-refractivity contribution in [3.63, 3.8) is 0 Å². The van der Waals surface area contributed by atoms with Crippen LogP contribution >= 0.6 is 27.5 Å². The van der Waals surface area contributed by atoms with E-state index in [1.807, 2.05) is 0 Å². The average molecular weight is 212 g/mol. The number of rotatable bonds is 1. The molecule has 1 rings (SSSR count). The fourth-order valence-electron chi connectivity index (χ4n) is 1.34. The monoisotopic (exact) mass is 210 g/mol. The van der Waals surface area contributed by atoms with Crippen LogP contribution in [-0.4, -0.2) is 10.7 Å². The van der Waals surface area contributed by atoms with E-state index in [4.69, 9.17) is 11.6 Å². The Kier molecular flexibility index (Phi) is 3.34. The summed E-state index contributed by atoms with van der Waals surface area (Å²) in [5, 5.41) is 1.53. The highest BCUT2D eigenvalue weighted by atomic mass is 79.9. The normalized spacial score (nSPS) is 36.7. The molecule has 2 heteroatoms. The number of halogens is 2. The second kappa shape index (κ2) is 3.82. The smallest absolute Gasteiger partial charge is 0.0372 e. The molecule has 0 saturated heterocycles. The van der Waals surface area contributed by atoms with Crippen molar-refractivity contribution < 1.29 is 0 Å². The standard InChI is InChI=1S/C7H12BrCl/c8-5-6-3-1-2-4-7(6)9/h6-7H,1-5H2. The Morgan fingerprint density at radius 2 is 2.00 bits per heavy atom. The lowest BCUT2D eigenvalue weighted by Crippen LogP contribution is -2.20. The van der Waals surface area contributed by atoms with Gasteiger partial charge in [0.25, 0.3) is 0 Å². The van der Waals surface area contributed by atoms with Crippen LogP contribution in [0.1, 0.15) is 25.7 Å². The van der Waals surface area contributed by atoms with Gasteiger partial charge in [-0.15, -0.1) is 11.6 Å². The first-order chi connectivity index (χ1) is 4.34. The quantitative estimate of drug-likeness (QED) is 0.585. The van der Waals surface area contributed by atoms with Crippen LogP contribution < -0.4 is 0 Å². The zero-order valence-electron chi connectivity index (χ0n) is 5.45. The van der Waals surface area contributed by atoms with E-state index < -0.39 is 0 Å². The molecule has 0 spiro atoms. The van der Waals surface area contributed by atoms with Crippen molar-refractivity contribution >= 4 is 27.5 Å². The maximum atomic E-state index is 6.05. The van der Waals surface area contributed by atoms with Crippen LogP contribution in [0.4, 0.5) is 0 Å². The van der Waals surface area contributed by atoms with Crippen molar-refractivity contribution in [2.24, 2.45) is 5.92 Å². The van der Waals surface area contributed by atoms with Gasteiger partial charge in [-0.2, -0.15) is 0 Å². The Balaban J connectivity index is 2.30. The molecule has 2 unspecified atom stereocenters. The lowest BCUT2D eigenvalue weighted by Gasteiger charge is -2.24. The van der Waals surface area contributed by atoms with Crippen LogP contribution in [0.15, 0.2) is 0 Å². The van der Waals surface area contributed by atoms with Crippen molar-refractivity contribution in [2.75, 3.05) is 5.33 Å². The molecule has 0 nitrogen and oxygen atoms in total. The second-order valence-corrected chi connectivity index (χ2v) is 3.92. The van der Waals surface area contributed by atoms with Gasteiger partial charge in [-0.05, 0) is 18.8 Å². The molecule has 0 amide bonds. The predicted molar refractivity (Wildman–Crippen MR) is 45.4 cm³/mol. The van der Waals surface area contributed by atoms with Gasteiger partial charge in [0.2, 0.25) is 0 Å². The highest BCUT2D eigenvalue weighted by molar-refractivity contribution is 9.09. The maximum absolute atomic E-state index is 6.05. The molecule has 9 heavy (non-hydrogen) atoms. The van der Waals surface area contributed by atoms with E-state index in [1.54, 1.807) is 0 Å². The molecule has 54 valence electrons. The number of hydrogen-bond acceptors (Lipinski definition) is 0. The van der Waals surface area contributed by atoms with Gasteiger partial charge in [-0.3, -0.25) is 0 Å². The van der Waals surface area contributed by atoms with Gasteiger partial charge in [-0.1, -0.05) is 28.8 Å². The predicted octanol–water partition coefficient (Wildman–Crippen LogP) is 3.18. The largest absolute Gasteiger partial charge is 0.123 e. The molecule has 0 heterocycles. The van der Waals surface area contributed by atoms with E-state index >= 15 is 0 Å². The van der Waals surface area contributed by atoms with E-state index in [0.29, 0.717) is 5.38 Å². The third-order valence-electron chi connectivity index (χ3n) is 2.01. The minimum absolute atomic E-state index is 0.443. The molecule has 0 N–H and O–H groups in total. The van der Waals surface area contributed by atoms with E-state index in [-0.39, 0.29) is 0 Å². The third kappa shape index (κ3) is 2.12. The maximum Gasteiger partial charge on any atom is 0.0372 e. The van der Waals surface area contributed by atoms with Crippen molar-refractivity contribution in [1.29, 1.82) is 0 Å². The summed E-state index contributed by atoms with van der Waals surface area (Å²) < 4.78 is 0. The van der Waals surface area contributed by atoms with Gasteiger partial charge in [0.1, 0.15) is 0 Å². The van der Waals surface area contributed by atoms with Crippen LogP contribution in [0, 0.1) is 5.92 Å². The fraction of sp³-hybridized carbons (Fsp3) is 1.00. The molecule has 0 aliphatic heterocycles. The van der Waals surface area contributed by atoms with Crippen molar-refractivity contribution in [1.82, 2.24) is 0 Å². The Labute approximate surface area is 70.1 Å². The highest BCUT2D eigenvalue weighted by Crippen LogP contribution is 2.29. The lowest BCUT2D eigenvalue weighted by molar-refractivity contribution is 0.400. The van der Waals surface area contributed by atoms with Crippen LogP contribution in [-0.2, 0) is 0 Å². The van der Waals surface area contributed by atoms with E-state index in [1.165, 1.54) is 25.7 Å². The van der Waals surface area contributed by atoms with Crippen molar-refractivity contribution in [3.8, 4) is 0 Å². The summed E-state index contributed by atoms with van der Waals surface area (Å²) in [5.41, 5.74) is 0. The molecule has 0 radical (unpaired) electrons. The zero-order chi connectivity index (χ0) is 6.69. The van der Waals surface area contributed by atoms with Gasteiger partial charge >= 0.3 is 0 Å². The summed E-state index contributed by atoms with van der Waals surface area (Å²) in [6.45, 7) is 0. The van der Waals surface area contributed by atoms with Crippen molar-refractivity contribution in [2.45, 2.75) is 31.1 Å². The molecular formula is C7H12BrCl. The first kappa shape index (κ1) is 7.87. The second-order valence-electron chi connectivity index (χ2n) is 2.71. The van der Waals surface area contributed by atoms with Gasteiger partial charge in [0.15, 0.2) is 0 Å². The van der Waals surface area contributed by atoms with Gasteiger partial charge in [-0.25, -0.2) is 0 Å². The Morgan fingerprint density at radius 1 is 1.33 bits per heavy atom. The van der Waals surface area contributed by atoms with E-state index in [0.717, 1.165) is 11.2 Å². The SMILES string of the molecule is ClC1CCCCC1CBr. The first-order valence-corrected chi connectivity index (χ1v) is 5.10. The molecule has 1 saturated carbocycles. The minimum atomic E-state index is 0.443. The van der Waals surface area contributed by atoms with Crippen LogP contribution in [0.3, 0.4) is 0 Å². The number of hydrogen-bond donors (Lipinski definition) is 0. The topological polar surface area (TPSA) is 0 Å². The van der Waals surface area contributed by atoms with Crippen LogP contribution in [0.2, 0.25) is 0 Å². The number of alkyl halides is 2. The molecular weight excluding hydrogens is 199 g/mol. The lowest BCUT2D eigenvalue weighted by atomic mass is 9.90. The summed E-state index contributed by atoms with van der Waals surface area (Å²) in [6.07, 6.45) is 5.24. The van der Waals surface area contributed by atoms with Gasteiger partial charge < -0.3 is 0 Å². The summed E-state index contributed by atoms with van der Waals surface area (Å²) in [7, 11) is 0. The zero-order valence-corrected chi connectivity index (χ0v) is 7.79. The Hall–Kier alpha value is 0.770. The molecule has 1 aliphatic carbocycles. The molecule has 1 aliphatic rings. The fourth-order valence-corrected chi connectivity index (χ4v) is 2.70. The average Bonchev–Trinajstić information content (AvgIpc) is 1.89. The highest BCUT2D eigenvalue weighted by Gasteiger charge is 2.21. The summed E-state index contributed by atoms with van der Waals surface area (Å²) in [6, 6.07) is 0. The Bertz CT molecular complexity index is 85.0. The summed E-state index contributed by atoms with van der Waals surface area (Å²) >= 11 is 9.52. The summed E-state index contributed by atoms with van der Waals surface area (Å²) in [5.74, 6) is 0.736. The van der Waals surface area contributed by atoms with Crippen LogP contribution in [0.25, 0.3) is 0 Å². The van der Waals surface area contributed by atoms with Crippen molar-refractivity contribution in [3.05, 3.63) is 0 Å². The van der Waals surface area contributed by atoms with E-state index in [2.05, 4.69) is 15.9 Å². The van der Waals surface area contributed by atoms with Gasteiger partial charge in [0, 0.05) is 10.7 Å². The molecule has 0 aromatic carbocycles. The van der Waals surface area contributed by atoms with Crippen LogP contribution in [0.5, 0.6) is 0 Å². The minimum Gasteiger partial charge on any atom is -0.123 e. The Morgan fingerprint density at radius 3 is 2.44 bits per heavy atom. The molecule has 0 aromatic heterocycles. The molecule has 1 fully saturated rings. The molecule has 0 aromatic rings. The van der Waals surface area contributed by atoms with E-state index in [9.17, 15) is 0 Å². The molecule has 2 atom stereocenters. The molecule has 0 bridgehead atoms. The van der Waals surface area contributed by atoms with Gasteiger partial charge in [0.05, 0.1) is 0 Å².